The highest BCUT2D eigenvalue weighted by molar-refractivity contribution is 7.89. The van der Waals surface area contributed by atoms with E-state index >= 15 is 0 Å². The van der Waals surface area contributed by atoms with Crippen LogP contribution in [-0.2, 0) is 22.7 Å². The number of amides is 1. The number of hydrogen-bond acceptors (Lipinski definition) is 4. The summed E-state index contributed by atoms with van der Waals surface area (Å²) in [6, 6.07) is 15.5. The number of nitrogens with one attached hydrogen (secondary N) is 3. The summed E-state index contributed by atoms with van der Waals surface area (Å²) in [6.45, 7) is 0.292. The first kappa shape index (κ1) is 23.1. The Labute approximate surface area is 192 Å². The molecule has 3 aromatic carbocycles. The van der Waals surface area contributed by atoms with Crippen molar-refractivity contribution in [3.05, 3.63) is 94.0 Å². The summed E-state index contributed by atoms with van der Waals surface area (Å²) in [6.07, 6.45) is -5.61. The SMILES string of the molecule is O=C(NCc1ccc(Cl)cc1)c1ccc(C2Nc3cc(C(F)(F)F)ccc3S(=O)(=O)N2)cc1. The highest BCUT2D eigenvalue weighted by atomic mass is 35.5. The molecule has 0 aliphatic carbocycles. The zero-order chi connectivity index (χ0) is 23.8. The number of rotatable bonds is 4. The molecule has 0 fully saturated rings. The number of fused-ring (bicyclic) bond motifs is 1. The third-order valence-electron chi connectivity index (χ3n) is 5.04. The molecule has 0 spiro atoms. The van der Waals surface area contributed by atoms with Crippen LogP contribution in [0, 0.1) is 0 Å². The first-order valence-corrected chi connectivity index (χ1v) is 11.5. The first-order valence-electron chi connectivity index (χ1n) is 9.66. The van der Waals surface area contributed by atoms with Crippen molar-refractivity contribution in [3.63, 3.8) is 0 Å². The molecule has 1 atom stereocenters. The van der Waals surface area contributed by atoms with E-state index in [-0.39, 0.29) is 16.5 Å². The van der Waals surface area contributed by atoms with E-state index in [4.69, 9.17) is 11.6 Å². The number of anilines is 1. The van der Waals surface area contributed by atoms with Gasteiger partial charge in [-0.15, -0.1) is 0 Å². The van der Waals surface area contributed by atoms with Gasteiger partial charge in [0.1, 0.15) is 11.1 Å². The lowest BCUT2D eigenvalue weighted by Gasteiger charge is -2.29. The zero-order valence-electron chi connectivity index (χ0n) is 16.8. The maximum Gasteiger partial charge on any atom is 0.416 e. The van der Waals surface area contributed by atoms with E-state index in [1.807, 2.05) is 0 Å². The fourth-order valence-corrected chi connectivity index (χ4v) is 4.73. The Balaban J connectivity index is 1.50. The molecule has 1 aliphatic heterocycles. The summed E-state index contributed by atoms with van der Waals surface area (Å²) in [7, 11) is -4.04. The number of carbonyl (C=O) groups is 1. The van der Waals surface area contributed by atoms with Crippen LogP contribution in [0.15, 0.2) is 71.6 Å². The van der Waals surface area contributed by atoms with Crippen LogP contribution < -0.4 is 15.4 Å². The third-order valence-corrected chi connectivity index (χ3v) is 6.77. The second-order valence-corrected chi connectivity index (χ2v) is 9.46. The van der Waals surface area contributed by atoms with Crippen LogP contribution in [0.2, 0.25) is 5.02 Å². The fourth-order valence-electron chi connectivity index (χ4n) is 3.32. The fraction of sp³-hybridized carbons (Fsp3) is 0.136. The molecule has 4 rings (SSSR count). The lowest BCUT2D eigenvalue weighted by molar-refractivity contribution is -0.137. The summed E-state index contributed by atoms with van der Waals surface area (Å²) in [5, 5.41) is 6.13. The molecule has 3 aromatic rings. The van der Waals surface area contributed by atoms with Gasteiger partial charge in [0.2, 0.25) is 10.0 Å². The van der Waals surface area contributed by atoms with Crippen molar-refractivity contribution >= 4 is 33.2 Å². The Morgan fingerprint density at radius 2 is 1.67 bits per heavy atom. The molecule has 33 heavy (non-hydrogen) atoms. The number of benzene rings is 3. The molecule has 0 bridgehead atoms. The van der Waals surface area contributed by atoms with Crippen molar-refractivity contribution in [3.8, 4) is 0 Å². The number of halogens is 4. The molecule has 1 heterocycles. The molecular weight excluding hydrogens is 479 g/mol. The summed E-state index contributed by atoms with van der Waals surface area (Å²) < 4.78 is 66.6. The molecule has 1 aliphatic rings. The Bertz CT molecular complexity index is 1300. The molecule has 6 nitrogen and oxygen atoms in total. The van der Waals surface area contributed by atoms with Crippen LogP contribution in [0.25, 0.3) is 0 Å². The number of alkyl halides is 3. The smallest absolute Gasteiger partial charge is 0.364 e. The third kappa shape index (κ3) is 5.13. The predicted molar refractivity (Wildman–Crippen MR) is 117 cm³/mol. The van der Waals surface area contributed by atoms with Gasteiger partial charge >= 0.3 is 6.18 Å². The van der Waals surface area contributed by atoms with Crippen LogP contribution in [0.5, 0.6) is 0 Å². The molecule has 0 radical (unpaired) electrons. The minimum absolute atomic E-state index is 0.154. The second-order valence-electron chi connectivity index (χ2n) is 7.34. The molecule has 0 aromatic heterocycles. The standard InChI is InChI=1S/C22H17ClF3N3O3S/c23-17-8-1-13(2-9-17)12-27-21(30)15-5-3-14(4-6-15)20-28-18-11-16(22(24,25)26)7-10-19(18)33(31,32)29-20/h1-11,20,28-29H,12H2,(H,27,30). The molecule has 0 saturated heterocycles. The van der Waals surface area contributed by atoms with Crippen LogP contribution in [0.3, 0.4) is 0 Å². The van der Waals surface area contributed by atoms with Crippen molar-refractivity contribution in [2.75, 3.05) is 5.32 Å². The quantitative estimate of drug-likeness (QED) is 0.490. The van der Waals surface area contributed by atoms with Gasteiger partial charge in [-0.1, -0.05) is 35.9 Å². The lowest BCUT2D eigenvalue weighted by Crippen LogP contribution is -2.38. The maximum absolute atomic E-state index is 13.0. The van der Waals surface area contributed by atoms with Gasteiger partial charge in [0, 0.05) is 17.1 Å². The average molecular weight is 496 g/mol. The van der Waals surface area contributed by atoms with Gasteiger partial charge < -0.3 is 10.6 Å². The second kappa shape index (κ2) is 8.69. The highest BCUT2D eigenvalue weighted by Crippen LogP contribution is 2.37. The predicted octanol–water partition coefficient (Wildman–Crippen LogP) is 4.69. The largest absolute Gasteiger partial charge is 0.416 e. The van der Waals surface area contributed by atoms with Gasteiger partial charge in [0.25, 0.3) is 5.91 Å². The van der Waals surface area contributed by atoms with E-state index in [1.165, 1.54) is 24.3 Å². The van der Waals surface area contributed by atoms with Crippen LogP contribution in [-0.4, -0.2) is 14.3 Å². The van der Waals surface area contributed by atoms with E-state index < -0.39 is 27.9 Å². The Morgan fingerprint density at radius 3 is 2.30 bits per heavy atom. The number of sulfonamides is 1. The van der Waals surface area contributed by atoms with Crippen LogP contribution in [0.4, 0.5) is 18.9 Å². The Morgan fingerprint density at radius 1 is 1.00 bits per heavy atom. The van der Waals surface area contributed by atoms with Crippen molar-refractivity contribution in [2.45, 2.75) is 23.8 Å². The van der Waals surface area contributed by atoms with E-state index in [0.717, 1.165) is 23.8 Å². The molecule has 3 N–H and O–H groups in total. The van der Waals surface area contributed by atoms with Gasteiger partial charge in [0.15, 0.2) is 0 Å². The highest BCUT2D eigenvalue weighted by Gasteiger charge is 2.35. The van der Waals surface area contributed by atoms with E-state index in [2.05, 4.69) is 15.4 Å². The van der Waals surface area contributed by atoms with Gasteiger partial charge in [-0.2, -0.15) is 17.9 Å². The first-order chi connectivity index (χ1) is 15.5. The molecule has 11 heteroatoms. The van der Waals surface area contributed by atoms with Crippen molar-refractivity contribution < 1.29 is 26.4 Å². The summed E-state index contributed by atoms with van der Waals surface area (Å²) >= 11 is 5.84. The van der Waals surface area contributed by atoms with E-state index in [0.29, 0.717) is 22.7 Å². The normalized spacial score (nSPS) is 17.0. The van der Waals surface area contributed by atoms with Gasteiger partial charge in [-0.25, -0.2) is 8.42 Å². The Kier molecular flexibility index (Phi) is 6.08. The summed E-state index contributed by atoms with van der Waals surface area (Å²) in [5.41, 5.74) is 0.514. The monoisotopic (exact) mass is 495 g/mol. The molecule has 1 unspecified atom stereocenters. The van der Waals surface area contributed by atoms with Gasteiger partial charge in [0.05, 0.1) is 11.3 Å². The average Bonchev–Trinajstić information content (AvgIpc) is 2.77. The van der Waals surface area contributed by atoms with Gasteiger partial charge in [-0.3, -0.25) is 4.79 Å². The van der Waals surface area contributed by atoms with E-state index in [9.17, 15) is 26.4 Å². The lowest BCUT2D eigenvalue weighted by atomic mass is 10.1. The molecule has 172 valence electrons. The van der Waals surface area contributed by atoms with Crippen LogP contribution in [0.1, 0.15) is 33.2 Å². The van der Waals surface area contributed by atoms with Crippen molar-refractivity contribution in [1.82, 2.24) is 10.0 Å². The summed E-state index contributed by atoms with van der Waals surface area (Å²) in [5.74, 6) is -0.339. The minimum atomic E-state index is -4.61. The van der Waals surface area contributed by atoms with Crippen molar-refractivity contribution in [1.29, 1.82) is 0 Å². The number of hydrogen-bond donors (Lipinski definition) is 3. The Hall–Kier alpha value is -3.08. The molecule has 1 amide bonds. The molecular formula is C22H17ClF3N3O3S. The topological polar surface area (TPSA) is 87.3 Å². The zero-order valence-corrected chi connectivity index (χ0v) is 18.4. The minimum Gasteiger partial charge on any atom is -0.364 e. The molecule has 0 saturated carbocycles. The van der Waals surface area contributed by atoms with Crippen LogP contribution >= 0.6 is 11.6 Å². The summed E-state index contributed by atoms with van der Waals surface area (Å²) in [4.78, 5) is 12.1. The maximum atomic E-state index is 13.0. The number of carbonyl (C=O) groups excluding carboxylic acids is 1. The van der Waals surface area contributed by atoms with Crippen molar-refractivity contribution in [2.24, 2.45) is 0 Å². The van der Waals surface area contributed by atoms with E-state index in [1.54, 1.807) is 24.3 Å². The van der Waals surface area contributed by atoms with Gasteiger partial charge in [-0.05, 0) is 53.6 Å².